The van der Waals surface area contributed by atoms with E-state index in [1.54, 1.807) is 0 Å². The van der Waals surface area contributed by atoms with Crippen molar-refractivity contribution in [3.05, 3.63) is 0 Å². The van der Waals surface area contributed by atoms with Crippen LogP contribution in [0.2, 0.25) is 0 Å². The first-order chi connectivity index (χ1) is 8.49. The lowest BCUT2D eigenvalue weighted by atomic mass is 9.82. The van der Waals surface area contributed by atoms with Crippen LogP contribution in [0.15, 0.2) is 0 Å². The topological polar surface area (TPSA) is 32.3 Å². The van der Waals surface area contributed by atoms with Crippen LogP contribution in [0.5, 0.6) is 0 Å². The highest BCUT2D eigenvalue weighted by Crippen LogP contribution is 2.42. The lowest BCUT2D eigenvalue weighted by molar-refractivity contribution is -0.132. The van der Waals surface area contributed by atoms with Crippen LogP contribution in [-0.4, -0.2) is 29.6 Å². The van der Waals surface area contributed by atoms with E-state index >= 15 is 0 Å². The maximum absolute atomic E-state index is 12.5. The second-order valence-corrected chi connectivity index (χ2v) is 6.59. The molecule has 3 nitrogen and oxygen atoms in total. The largest absolute Gasteiger partial charge is 0.326 e. The molecule has 0 bridgehead atoms. The summed E-state index contributed by atoms with van der Waals surface area (Å²) in [5.74, 6) is 0.698. The van der Waals surface area contributed by atoms with E-state index in [4.69, 9.17) is 0 Å². The molecule has 2 atom stereocenters. The molecule has 0 spiro atoms. The summed E-state index contributed by atoms with van der Waals surface area (Å²) in [7, 11) is 0. The first kappa shape index (κ1) is 13.9. The van der Waals surface area contributed by atoms with Crippen LogP contribution in [0.3, 0.4) is 0 Å². The molecule has 2 unspecified atom stereocenters. The second kappa shape index (κ2) is 5.20. The Hall–Kier alpha value is -0.570. The van der Waals surface area contributed by atoms with Gasteiger partial charge in [-0.3, -0.25) is 10.1 Å². The lowest BCUT2D eigenvalue weighted by Crippen LogP contribution is -2.42. The summed E-state index contributed by atoms with van der Waals surface area (Å²) in [6, 6.07) is 0.0234. The number of nitrogens with zero attached hydrogens (tertiary/aromatic N) is 1. The zero-order valence-electron chi connectivity index (χ0n) is 12.3. The van der Waals surface area contributed by atoms with E-state index in [9.17, 15) is 4.79 Å². The highest BCUT2D eigenvalue weighted by molar-refractivity contribution is 5.84. The van der Waals surface area contributed by atoms with Crippen LogP contribution in [0.4, 0.5) is 0 Å². The van der Waals surface area contributed by atoms with Crippen molar-refractivity contribution >= 4 is 5.91 Å². The van der Waals surface area contributed by atoms with Crippen molar-refractivity contribution < 1.29 is 4.79 Å². The maximum atomic E-state index is 12.5. The Labute approximate surface area is 111 Å². The van der Waals surface area contributed by atoms with E-state index in [2.05, 4.69) is 37.9 Å². The summed E-state index contributed by atoms with van der Waals surface area (Å²) in [6.07, 6.45) is 6.68. The fourth-order valence-electron chi connectivity index (χ4n) is 3.59. The lowest BCUT2D eigenvalue weighted by Gasteiger charge is -2.34. The van der Waals surface area contributed by atoms with E-state index < -0.39 is 0 Å². The van der Waals surface area contributed by atoms with Crippen LogP contribution < -0.4 is 5.32 Å². The van der Waals surface area contributed by atoms with Gasteiger partial charge in [0.1, 0.15) is 0 Å². The first-order valence-corrected chi connectivity index (χ1v) is 7.55. The van der Waals surface area contributed by atoms with Crippen LogP contribution >= 0.6 is 0 Å². The molecule has 1 amide bonds. The Morgan fingerprint density at radius 1 is 1.39 bits per heavy atom. The monoisotopic (exact) mass is 252 g/mol. The van der Waals surface area contributed by atoms with Gasteiger partial charge in [-0.1, -0.05) is 33.6 Å². The number of rotatable bonds is 4. The molecule has 0 radical (unpaired) electrons. The van der Waals surface area contributed by atoms with Gasteiger partial charge in [-0.05, 0) is 37.5 Å². The Balaban J connectivity index is 2.07. The minimum absolute atomic E-state index is 0.0234. The zero-order chi connectivity index (χ0) is 13.3. The highest BCUT2D eigenvalue weighted by Gasteiger charge is 2.43. The van der Waals surface area contributed by atoms with Crippen molar-refractivity contribution in [2.45, 2.75) is 72.0 Å². The third-order valence-corrected chi connectivity index (χ3v) is 5.02. The van der Waals surface area contributed by atoms with E-state index in [-0.39, 0.29) is 12.2 Å². The van der Waals surface area contributed by atoms with Crippen molar-refractivity contribution in [2.75, 3.05) is 6.54 Å². The Bertz CT molecular complexity index is 308. The summed E-state index contributed by atoms with van der Waals surface area (Å²) in [5.41, 5.74) is 0.400. The van der Waals surface area contributed by atoms with Gasteiger partial charge in [-0.2, -0.15) is 0 Å². The predicted octanol–water partition coefficient (Wildman–Crippen LogP) is 2.76. The summed E-state index contributed by atoms with van der Waals surface area (Å²) >= 11 is 0. The van der Waals surface area contributed by atoms with E-state index in [1.807, 2.05) is 0 Å². The fourth-order valence-corrected chi connectivity index (χ4v) is 3.59. The number of amides is 1. The van der Waals surface area contributed by atoms with E-state index in [1.165, 1.54) is 32.1 Å². The molecular formula is C15H28N2O. The number of carbonyl (C=O) groups is 1. The van der Waals surface area contributed by atoms with E-state index in [0.717, 1.165) is 6.54 Å². The van der Waals surface area contributed by atoms with Gasteiger partial charge in [0.2, 0.25) is 5.91 Å². The maximum Gasteiger partial charge on any atom is 0.241 e. The van der Waals surface area contributed by atoms with Crippen molar-refractivity contribution in [1.82, 2.24) is 10.2 Å². The van der Waals surface area contributed by atoms with Gasteiger partial charge < -0.3 is 4.90 Å². The van der Waals surface area contributed by atoms with Crippen LogP contribution in [0.1, 0.15) is 59.8 Å². The van der Waals surface area contributed by atoms with E-state index in [0.29, 0.717) is 17.2 Å². The average Bonchev–Trinajstić information content (AvgIpc) is 2.90. The third kappa shape index (κ3) is 2.42. The van der Waals surface area contributed by atoms with Crippen molar-refractivity contribution in [3.63, 3.8) is 0 Å². The molecule has 18 heavy (non-hydrogen) atoms. The Morgan fingerprint density at radius 3 is 2.44 bits per heavy atom. The molecule has 1 N–H and O–H groups in total. The number of hydrogen-bond acceptors (Lipinski definition) is 2. The van der Waals surface area contributed by atoms with Gasteiger partial charge in [0, 0.05) is 6.54 Å². The second-order valence-electron chi connectivity index (χ2n) is 6.59. The quantitative estimate of drug-likeness (QED) is 0.834. The smallest absolute Gasteiger partial charge is 0.241 e. The zero-order valence-corrected chi connectivity index (χ0v) is 12.3. The van der Waals surface area contributed by atoms with Crippen LogP contribution in [0.25, 0.3) is 0 Å². The average molecular weight is 252 g/mol. The Morgan fingerprint density at radius 2 is 2.00 bits per heavy atom. The SMILES string of the molecule is CCC1(CN2C(=O)C(C(C)C)NC2C)CCCC1. The Kier molecular flexibility index (Phi) is 4.00. The van der Waals surface area contributed by atoms with Gasteiger partial charge in [0.15, 0.2) is 0 Å². The molecule has 0 aromatic heterocycles. The fraction of sp³-hybridized carbons (Fsp3) is 0.933. The number of nitrogens with one attached hydrogen (secondary N) is 1. The summed E-state index contributed by atoms with van der Waals surface area (Å²) < 4.78 is 0. The molecule has 1 aliphatic carbocycles. The summed E-state index contributed by atoms with van der Waals surface area (Å²) in [6.45, 7) is 9.61. The van der Waals surface area contributed by atoms with Crippen molar-refractivity contribution in [3.8, 4) is 0 Å². The highest BCUT2D eigenvalue weighted by atomic mass is 16.2. The van der Waals surface area contributed by atoms with Crippen LogP contribution in [-0.2, 0) is 4.79 Å². The molecule has 104 valence electrons. The normalized spacial score (nSPS) is 31.6. The standard InChI is InChI=1S/C15H28N2O/c1-5-15(8-6-7-9-15)10-17-12(4)16-13(11(2)3)14(17)18/h11-13,16H,5-10H2,1-4H3. The van der Waals surface area contributed by atoms with Gasteiger partial charge in [0.05, 0.1) is 12.2 Å². The predicted molar refractivity (Wildman–Crippen MR) is 74.1 cm³/mol. The molecule has 2 fully saturated rings. The molecule has 1 saturated heterocycles. The number of carbonyl (C=O) groups excluding carboxylic acids is 1. The molecule has 1 heterocycles. The third-order valence-electron chi connectivity index (χ3n) is 5.02. The van der Waals surface area contributed by atoms with Crippen molar-refractivity contribution in [1.29, 1.82) is 0 Å². The van der Waals surface area contributed by atoms with Gasteiger partial charge in [-0.25, -0.2) is 0 Å². The molecule has 2 aliphatic rings. The van der Waals surface area contributed by atoms with Gasteiger partial charge in [0.25, 0.3) is 0 Å². The molecule has 1 saturated carbocycles. The minimum Gasteiger partial charge on any atom is -0.326 e. The molecule has 0 aromatic rings. The van der Waals surface area contributed by atoms with Crippen LogP contribution in [0, 0.1) is 11.3 Å². The van der Waals surface area contributed by atoms with Gasteiger partial charge in [-0.15, -0.1) is 0 Å². The molecule has 3 heteroatoms. The molecule has 2 rings (SSSR count). The van der Waals surface area contributed by atoms with Gasteiger partial charge >= 0.3 is 0 Å². The molecular weight excluding hydrogens is 224 g/mol. The molecule has 1 aliphatic heterocycles. The number of hydrogen-bond donors (Lipinski definition) is 1. The summed E-state index contributed by atoms with van der Waals surface area (Å²) in [4.78, 5) is 14.6. The summed E-state index contributed by atoms with van der Waals surface area (Å²) in [5, 5.41) is 3.44. The first-order valence-electron chi connectivity index (χ1n) is 7.55. The molecule has 0 aromatic carbocycles. The van der Waals surface area contributed by atoms with Crippen molar-refractivity contribution in [2.24, 2.45) is 11.3 Å². The minimum atomic E-state index is 0.0234.